The average molecular weight is 459 g/mol. The van der Waals surface area contributed by atoms with Crippen LogP contribution in [0.4, 0.5) is 11.4 Å². The molecule has 2 atom stereocenters. The minimum absolute atomic E-state index is 0.110. The van der Waals surface area contributed by atoms with Gasteiger partial charge in [-0.1, -0.05) is 19.1 Å². The fourth-order valence-corrected chi connectivity index (χ4v) is 6.54. The number of sulfone groups is 1. The first-order chi connectivity index (χ1) is 14.7. The third-order valence-electron chi connectivity index (χ3n) is 5.81. The fraction of sp³-hybridized carbons (Fsp3) is 0.391. The Morgan fingerprint density at radius 1 is 1.23 bits per heavy atom. The van der Waals surface area contributed by atoms with Crippen molar-refractivity contribution in [2.75, 3.05) is 16.4 Å². The summed E-state index contributed by atoms with van der Waals surface area (Å²) >= 11 is 1.40. The van der Waals surface area contributed by atoms with Crippen molar-refractivity contribution >= 4 is 44.8 Å². The maximum Gasteiger partial charge on any atom is 0.237 e. The van der Waals surface area contributed by atoms with Crippen molar-refractivity contribution in [3.63, 3.8) is 0 Å². The molecular weight excluding hydrogens is 432 g/mol. The van der Waals surface area contributed by atoms with E-state index < -0.39 is 15.8 Å². The highest BCUT2D eigenvalue weighted by atomic mass is 32.2. The molecule has 4 rings (SSSR count). The lowest BCUT2D eigenvalue weighted by Gasteiger charge is -2.22. The largest absolute Gasteiger partial charge is 0.326 e. The Balaban J connectivity index is 1.48. The average Bonchev–Trinajstić information content (AvgIpc) is 2.74. The van der Waals surface area contributed by atoms with Crippen molar-refractivity contribution in [3.8, 4) is 0 Å². The Kier molecular flexibility index (Phi) is 6.12. The molecule has 2 aromatic rings. The molecule has 6 nitrogen and oxygen atoms in total. The van der Waals surface area contributed by atoms with Gasteiger partial charge in [0.1, 0.15) is 0 Å². The number of fused-ring (bicyclic) bond motifs is 2. The maximum absolute atomic E-state index is 13.0. The predicted molar refractivity (Wildman–Crippen MR) is 123 cm³/mol. The van der Waals surface area contributed by atoms with E-state index >= 15 is 0 Å². The van der Waals surface area contributed by atoms with Crippen LogP contribution in [0.15, 0.2) is 46.2 Å². The number of hydrogen-bond acceptors (Lipinski definition) is 5. The predicted octanol–water partition coefficient (Wildman–Crippen LogP) is 4.05. The SMILES string of the molecule is CC(CS(=O)(=O)c1ccc2c(c1)NC(=O)C(C)S2)C(=O)Nc1cccc2c1CCCC2. The Labute approximate surface area is 187 Å². The summed E-state index contributed by atoms with van der Waals surface area (Å²) in [5.41, 5.74) is 3.71. The number of benzene rings is 2. The van der Waals surface area contributed by atoms with E-state index in [1.807, 2.05) is 12.1 Å². The van der Waals surface area contributed by atoms with Gasteiger partial charge in [0.05, 0.1) is 21.6 Å². The van der Waals surface area contributed by atoms with Gasteiger partial charge in [-0.3, -0.25) is 9.59 Å². The molecule has 2 aliphatic rings. The second-order valence-electron chi connectivity index (χ2n) is 8.23. The number of nitrogens with one attached hydrogen (secondary N) is 2. The first-order valence-electron chi connectivity index (χ1n) is 10.5. The molecule has 2 N–H and O–H groups in total. The number of amides is 2. The molecule has 0 saturated carbocycles. The number of carbonyl (C=O) groups excluding carboxylic acids is 2. The summed E-state index contributed by atoms with van der Waals surface area (Å²) in [5.74, 6) is -1.47. The van der Waals surface area contributed by atoms with Gasteiger partial charge in [0.2, 0.25) is 11.8 Å². The van der Waals surface area contributed by atoms with Crippen LogP contribution in [0.3, 0.4) is 0 Å². The molecule has 0 saturated heterocycles. The first kappa shape index (κ1) is 21.9. The summed E-state index contributed by atoms with van der Waals surface area (Å²) in [7, 11) is -3.70. The zero-order valence-corrected chi connectivity index (χ0v) is 19.2. The van der Waals surface area contributed by atoms with E-state index in [9.17, 15) is 18.0 Å². The van der Waals surface area contributed by atoms with Crippen LogP contribution in [0.5, 0.6) is 0 Å². The number of carbonyl (C=O) groups is 2. The van der Waals surface area contributed by atoms with Gasteiger partial charge in [0, 0.05) is 16.5 Å². The fourth-order valence-electron chi connectivity index (χ4n) is 4.04. The standard InChI is InChI=1S/C23H26N2O4S2/c1-14(22(26)24-19-9-5-7-16-6-3-4-8-18(16)19)13-31(28,29)17-10-11-21-20(12-17)25-23(27)15(2)30-21/h5,7,9-12,14-15H,3-4,6,8,13H2,1-2H3,(H,24,26)(H,25,27). The van der Waals surface area contributed by atoms with Crippen LogP contribution in [-0.4, -0.2) is 31.2 Å². The smallest absolute Gasteiger partial charge is 0.237 e. The molecule has 0 spiro atoms. The molecule has 31 heavy (non-hydrogen) atoms. The minimum Gasteiger partial charge on any atom is -0.326 e. The van der Waals surface area contributed by atoms with E-state index in [1.165, 1.54) is 23.4 Å². The van der Waals surface area contributed by atoms with E-state index in [-0.39, 0.29) is 27.7 Å². The molecule has 0 fully saturated rings. The quantitative estimate of drug-likeness (QED) is 0.705. The molecule has 8 heteroatoms. The Bertz CT molecular complexity index is 1140. The van der Waals surface area contributed by atoms with Crippen molar-refractivity contribution in [1.29, 1.82) is 0 Å². The van der Waals surface area contributed by atoms with Crippen molar-refractivity contribution < 1.29 is 18.0 Å². The van der Waals surface area contributed by atoms with Crippen LogP contribution < -0.4 is 10.6 Å². The third-order valence-corrected chi connectivity index (χ3v) is 8.90. The van der Waals surface area contributed by atoms with Gasteiger partial charge < -0.3 is 10.6 Å². The highest BCUT2D eigenvalue weighted by molar-refractivity contribution is 8.01. The number of thioether (sulfide) groups is 1. The molecule has 2 unspecified atom stereocenters. The van der Waals surface area contributed by atoms with Gasteiger partial charge in [-0.2, -0.15) is 0 Å². The first-order valence-corrected chi connectivity index (χ1v) is 13.0. The van der Waals surface area contributed by atoms with Gasteiger partial charge in [-0.15, -0.1) is 11.8 Å². The molecule has 1 aliphatic heterocycles. The van der Waals surface area contributed by atoms with Crippen LogP contribution in [0.2, 0.25) is 0 Å². The van der Waals surface area contributed by atoms with Crippen LogP contribution in [0, 0.1) is 5.92 Å². The zero-order valence-electron chi connectivity index (χ0n) is 17.6. The van der Waals surface area contributed by atoms with Crippen molar-refractivity contribution in [1.82, 2.24) is 0 Å². The lowest BCUT2D eigenvalue weighted by atomic mass is 9.90. The molecule has 0 bridgehead atoms. The maximum atomic E-state index is 13.0. The summed E-state index contributed by atoms with van der Waals surface area (Å²) in [4.78, 5) is 25.7. The Hall–Kier alpha value is -2.32. The summed E-state index contributed by atoms with van der Waals surface area (Å²) < 4.78 is 25.9. The van der Waals surface area contributed by atoms with Crippen LogP contribution in [0.1, 0.15) is 37.8 Å². The molecule has 1 aliphatic carbocycles. The lowest BCUT2D eigenvalue weighted by Crippen LogP contribution is -2.28. The molecular formula is C23H26N2O4S2. The highest BCUT2D eigenvalue weighted by Crippen LogP contribution is 2.37. The number of aryl methyl sites for hydroxylation is 1. The summed E-state index contributed by atoms with van der Waals surface area (Å²) in [6, 6.07) is 10.6. The lowest BCUT2D eigenvalue weighted by molar-refractivity contribution is -0.119. The normalized spacial score (nSPS) is 19.0. The summed E-state index contributed by atoms with van der Waals surface area (Å²) in [6.07, 6.45) is 4.18. The topological polar surface area (TPSA) is 92.3 Å². The zero-order chi connectivity index (χ0) is 22.2. The van der Waals surface area contributed by atoms with Gasteiger partial charge in [-0.25, -0.2) is 8.42 Å². The third kappa shape index (κ3) is 4.65. The van der Waals surface area contributed by atoms with Gasteiger partial charge in [0.15, 0.2) is 9.84 Å². The molecule has 164 valence electrons. The van der Waals surface area contributed by atoms with Crippen molar-refractivity contribution in [2.45, 2.75) is 54.6 Å². The molecule has 0 radical (unpaired) electrons. The summed E-state index contributed by atoms with van der Waals surface area (Å²) in [6.45, 7) is 3.43. The Morgan fingerprint density at radius 3 is 2.81 bits per heavy atom. The molecule has 1 heterocycles. The summed E-state index contributed by atoms with van der Waals surface area (Å²) in [5, 5.41) is 5.48. The van der Waals surface area contributed by atoms with Crippen molar-refractivity contribution in [3.05, 3.63) is 47.5 Å². The van der Waals surface area contributed by atoms with Gasteiger partial charge in [0.25, 0.3) is 0 Å². The van der Waals surface area contributed by atoms with Gasteiger partial charge in [-0.05, 0) is 68.0 Å². The second kappa shape index (κ2) is 8.67. The molecule has 2 aromatic carbocycles. The van der Waals surface area contributed by atoms with Crippen LogP contribution >= 0.6 is 11.8 Å². The number of anilines is 2. The number of rotatable bonds is 5. The van der Waals surface area contributed by atoms with Crippen LogP contribution in [0.25, 0.3) is 0 Å². The number of hydrogen-bond donors (Lipinski definition) is 2. The minimum atomic E-state index is -3.70. The molecule has 0 aromatic heterocycles. The van der Waals surface area contributed by atoms with E-state index in [4.69, 9.17) is 0 Å². The van der Waals surface area contributed by atoms with Crippen LogP contribution in [-0.2, 0) is 32.3 Å². The van der Waals surface area contributed by atoms with E-state index in [0.717, 1.165) is 41.8 Å². The molecule has 2 amide bonds. The van der Waals surface area contributed by atoms with Crippen molar-refractivity contribution in [2.24, 2.45) is 5.92 Å². The van der Waals surface area contributed by atoms with E-state index in [2.05, 4.69) is 16.7 Å². The monoisotopic (exact) mass is 458 g/mol. The second-order valence-corrected chi connectivity index (χ2v) is 11.6. The van der Waals surface area contributed by atoms with E-state index in [0.29, 0.717) is 5.69 Å². The Morgan fingerprint density at radius 2 is 2.00 bits per heavy atom. The van der Waals surface area contributed by atoms with Gasteiger partial charge >= 0.3 is 0 Å². The van der Waals surface area contributed by atoms with E-state index in [1.54, 1.807) is 26.0 Å². The highest BCUT2D eigenvalue weighted by Gasteiger charge is 2.28.